The average Bonchev–Trinajstić information content (AvgIpc) is 2.17. The number of aromatic nitrogens is 2. The number of aliphatic hydroxyl groups is 2. The molecule has 0 aromatic carbocycles. The molecule has 78 valence electrons. The van der Waals surface area contributed by atoms with E-state index in [0.717, 1.165) is 5.69 Å². The van der Waals surface area contributed by atoms with Gasteiger partial charge in [-0.15, -0.1) is 11.6 Å². The molecule has 1 aromatic heterocycles. The minimum absolute atomic E-state index is 0.239. The van der Waals surface area contributed by atoms with Crippen LogP contribution in [-0.2, 0) is 0 Å². The van der Waals surface area contributed by atoms with Crippen molar-refractivity contribution in [2.75, 3.05) is 5.88 Å². The van der Waals surface area contributed by atoms with Gasteiger partial charge in [0.25, 0.3) is 0 Å². The number of nitrogens with zero attached hydrogens (tertiary/aromatic N) is 2. The van der Waals surface area contributed by atoms with Crippen LogP contribution in [0.3, 0.4) is 0 Å². The van der Waals surface area contributed by atoms with E-state index >= 15 is 0 Å². The van der Waals surface area contributed by atoms with Gasteiger partial charge in [0.05, 0.1) is 6.10 Å². The first kappa shape index (κ1) is 11.4. The molecule has 0 amide bonds. The van der Waals surface area contributed by atoms with E-state index < -0.39 is 12.2 Å². The van der Waals surface area contributed by atoms with Crippen LogP contribution in [0, 0.1) is 6.92 Å². The number of rotatable bonds is 4. The van der Waals surface area contributed by atoms with Crippen molar-refractivity contribution in [1.82, 2.24) is 9.97 Å². The zero-order valence-electron chi connectivity index (χ0n) is 7.89. The molecule has 2 N–H and O–H groups in total. The van der Waals surface area contributed by atoms with Gasteiger partial charge in [0.2, 0.25) is 0 Å². The van der Waals surface area contributed by atoms with Gasteiger partial charge in [0.1, 0.15) is 6.10 Å². The van der Waals surface area contributed by atoms with Gasteiger partial charge in [-0.25, -0.2) is 9.97 Å². The van der Waals surface area contributed by atoms with E-state index in [1.54, 1.807) is 19.2 Å². The van der Waals surface area contributed by atoms with E-state index in [0.29, 0.717) is 12.3 Å². The zero-order chi connectivity index (χ0) is 10.6. The van der Waals surface area contributed by atoms with E-state index in [1.807, 2.05) is 0 Å². The summed E-state index contributed by atoms with van der Waals surface area (Å²) >= 11 is 5.45. The summed E-state index contributed by atoms with van der Waals surface area (Å²) < 4.78 is 0. The summed E-state index contributed by atoms with van der Waals surface area (Å²) in [5, 5.41) is 19.1. The number of hydrogen-bond acceptors (Lipinski definition) is 4. The standard InChI is InChI=1S/C9H13ClN2O2/c1-6-3-5-11-9(12-6)8(14)7(13)2-4-10/h3,5,7-8,13-14H,2,4H2,1H3. The SMILES string of the molecule is Cc1ccnc(C(O)C(O)CCCl)n1. The summed E-state index contributed by atoms with van der Waals surface area (Å²) in [5.41, 5.74) is 0.757. The first-order valence-corrected chi connectivity index (χ1v) is 4.90. The maximum absolute atomic E-state index is 9.61. The molecule has 2 unspecified atom stereocenters. The number of alkyl halides is 1. The highest BCUT2D eigenvalue weighted by atomic mass is 35.5. The Bertz CT molecular complexity index is 296. The topological polar surface area (TPSA) is 66.2 Å². The second-order valence-electron chi connectivity index (χ2n) is 3.05. The van der Waals surface area contributed by atoms with Gasteiger partial charge in [-0.2, -0.15) is 0 Å². The molecule has 0 aliphatic heterocycles. The first-order chi connectivity index (χ1) is 6.65. The van der Waals surface area contributed by atoms with Gasteiger partial charge in [0, 0.05) is 17.8 Å². The normalized spacial score (nSPS) is 15.1. The van der Waals surface area contributed by atoms with Crippen molar-refractivity contribution in [3.63, 3.8) is 0 Å². The molecule has 1 heterocycles. The Morgan fingerprint density at radius 3 is 2.79 bits per heavy atom. The molecule has 0 fully saturated rings. The van der Waals surface area contributed by atoms with Crippen LogP contribution in [0.5, 0.6) is 0 Å². The monoisotopic (exact) mass is 216 g/mol. The highest BCUT2D eigenvalue weighted by molar-refractivity contribution is 6.17. The lowest BCUT2D eigenvalue weighted by molar-refractivity contribution is 0.0116. The molecule has 1 aromatic rings. The van der Waals surface area contributed by atoms with Crippen molar-refractivity contribution in [1.29, 1.82) is 0 Å². The molecule has 0 saturated carbocycles. The number of aliphatic hydroxyl groups excluding tert-OH is 2. The second-order valence-corrected chi connectivity index (χ2v) is 3.42. The lowest BCUT2D eigenvalue weighted by Crippen LogP contribution is -2.21. The molecule has 4 nitrogen and oxygen atoms in total. The number of aryl methyl sites for hydroxylation is 1. The number of halogens is 1. The molecule has 0 spiro atoms. The minimum atomic E-state index is -1.06. The van der Waals surface area contributed by atoms with Crippen molar-refractivity contribution in [3.8, 4) is 0 Å². The summed E-state index contributed by atoms with van der Waals surface area (Å²) in [6.45, 7) is 1.80. The highest BCUT2D eigenvalue weighted by Crippen LogP contribution is 2.15. The molecular formula is C9H13ClN2O2. The summed E-state index contributed by atoms with van der Waals surface area (Å²) in [4.78, 5) is 7.89. The van der Waals surface area contributed by atoms with Gasteiger partial charge in [-0.1, -0.05) is 0 Å². The zero-order valence-corrected chi connectivity index (χ0v) is 8.65. The molecule has 0 saturated heterocycles. The smallest absolute Gasteiger partial charge is 0.159 e. The lowest BCUT2D eigenvalue weighted by atomic mass is 10.1. The number of hydrogen-bond donors (Lipinski definition) is 2. The van der Waals surface area contributed by atoms with Crippen LogP contribution >= 0.6 is 11.6 Å². The third kappa shape index (κ3) is 2.90. The van der Waals surface area contributed by atoms with Crippen LogP contribution < -0.4 is 0 Å². The van der Waals surface area contributed by atoms with Gasteiger partial charge < -0.3 is 10.2 Å². The Kier molecular flexibility index (Phi) is 4.25. The van der Waals surface area contributed by atoms with Crippen LogP contribution in [0.15, 0.2) is 12.3 Å². The maximum Gasteiger partial charge on any atom is 0.159 e. The second kappa shape index (κ2) is 5.24. The van der Waals surface area contributed by atoms with E-state index in [2.05, 4.69) is 9.97 Å². The molecular weight excluding hydrogens is 204 g/mol. The van der Waals surface area contributed by atoms with E-state index in [1.165, 1.54) is 0 Å². The average molecular weight is 217 g/mol. The Labute approximate surface area is 87.6 Å². The third-order valence-electron chi connectivity index (χ3n) is 1.85. The molecule has 0 aliphatic rings. The molecule has 0 radical (unpaired) electrons. The third-order valence-corrected chi connectivity index (χ3v) is 2.07. The van der Waals surface area contributed by atoms with Gasteiger partial charge in [-0.3, -0.25) is 0 Å². The molecule has 1 rings (SSSR count). The first-order valence-electron chi connectivity index (χ1n) is 4.36. The molecule has 0 aliphatic carbocycles. The summed E-state index contributed by atoms with van der Waals surface area (Å²) in [5.74, 6) is 0.534. The van der Waals surface area contributed by atoms with Crippen LogP contribution in [0.4, 0.5) is 0 Å². The van der Waals surface area contributed by atoms with Crippen LogP contribution in [0.1, 0.15) is 24.0 Å². The van der Waals surface area contributed by atoms with Crippen molar-refractivity contribution < 1.29 is 10.2 Å². The summed E-state index contributed by atoms with van der Waals surface area (Å²) in [6.07, 6.45) is -0.100. The van der Waals surface area contributed by atoms with Crippen LogP contribution in [0.2, 0.25) is 0 Å². The molecule has 2 atom stereocenters. The molecule has 14 heavy (non-hydrogen) atoms. The molecule has 5 heteroatoms. The Morgan fingerprint density at radius 1 is 1.50 bits per heavy atom. The molecule has 0 bridgehead atoms. The van der Waals surface area contributed by atoms with Crippen LogP contribution in [0.25, 0.3) is 0 Å². The fraction of sp³-hybridized carbons (Fsp3) is 0.556. The lowest BCUT2D eigenvalue weighted by Gasteiger charge is -2.15. The fourth-order valence-electron chi connectivity index (χ4n) is 1.05. The van der Waals surface area contributed by atoms with Crippen molar-refractivity contribution in [2.45, 2.75) is 25.6 Å². The fourth-order valence-corrected chi connectivity index (χ4v) is 1.28. The van der Waals surface area contributed by atoms with E-state index in [4.69, 9.17) is 11.6 Å². The predicted octanol–water partition coefficient (Wildman–Crippen LogP) is 0.808. The Morgan fingerprint density at radius 2 is 2.21 bits per heavy atom. The van der Waals surface area contributed by atoms with E-state index in [9.17, 15) is 10.2 Å². The Balaban J connectivity index is 2.73. The highest BCUT2D eigenvalue weighted by Gasteiger charge is 2.20. The quantitative estimate of drug-likeness (QED) is 0.731. The van der Waals surface area contributed by atoms with Gasteiger partial charge in [-0.05, 0) is 19.4 Å². The summed E-state index contributed by atoms with van der Waals surface area (Å²) in [6, 6.07) is 1.73. The maximum atomic E-state index is 9.61. The predicted molar refractivity (Wildman–Crippen MR) is 53.1 cm³/mol. The van der Waals surface area contributed by atoms with Crippen molar-refractivity contribution >= 4 is 11.6 Å². The minimum Gasteiger partial charge on any atom is -0.390 e. The van der Waals surface area contributed by atoms with Crippen molar-refractivity contribution in [2.24, 2.45) is 0 Å². The van der Waals surface area contributed by atoms with E-state index in [-0.39, 0.29) is 5.82 Å². The van der Waals surface area contributed by atoms with Crippen LogP contribution in [-0.4, -0.2) is 32.2 Å². The van der Waals surface area contributed by atoms with Gasteiger partial charge in [0.15, 0.2) is 5.82 Å². The summed E-state index contributed by atoms with van der Waals surface area (Å²) in [7, 11) is 0. The largest absolute Gasteiger partial charge is 0.390 e. The Hall–Kier alpha value is -0.710. The van der Waals surface area contributed by atoms with Crippen molar-refractivity contribution in [3.05, 3.63) is 23.8 Å². The van der Waals surface area contributed by atoms with Gasteiger partial charge >= 0.3 is 0 Å².